The van der Waals surface area contributed by atoms with Gasteiger partial charge in [-0.05, 0) is 49.4 Å². The van der Waals surface area contributed by atoms with Crippen molar-refractivity contribution in [2.24, 2.45) is 5.73 Å². The Morgan fingerprint density at radius 1 is 1.26 bits per heavy atom. The maximum absolute atomic E-state index is 11.8. The highest BCUT2D eigenvalue weighted by Gasteiger charge is 2.24. The number of fused-ring (bicyclic) bond motifs is 2. The lowest BCUT2D eigenvalue weighted by Gasteiger charge is -2.11. The summed E-state index contributed by atoms with van der Waals surface area (Å²) in [6.07, 6.45) is 3.47. The van der Waals surface area contributed by atoms with Crippen LogP contribution in [0.15, 0.2) is 36.9 Å². The predicted octanol–water partition coefficient (Wildman–Crippen LogP) is 3.23. The molecule has 1 aliphatic carbocycles. The van der Waals surface area contributed by atoms with Crippen LogP contribution in [0.2, 0.25) is 0 Å². The van der Waals surface area contributed by atoms with E-state index in [1.807, 2.05) is 19.1 Å². The van der Waals surface area contributed by atoms with E-state index in [0.29, 0.717) is 16.9 Å². The van der Waals surface area contributed by atoms with Crippen molar-refractivity contribution in [1.82, 2.24) is 14.6 Å². The van der Waals surface area contributed by atoms with Gasteiger partial charge in [0.05, 0.1) is 18.4 Å². The van der Waals surface area contributed by atoms with Gasteiger partial charge in [-0.1, -0.05) is 18.7 Å². The summed E-state index contributed by atoms with van der Waals surface area (Å²) in [6.45, 7) is 7.43. The van der Waals surface area contributed by atoms with E-state index in [4.69, 9.17) is 15.6 Å². The van der Waals surface area contributed by atoms with E-state index >= 15 is 0 Å². The number of esters is 2. The molecule has 0 radical (unpaired) electrons. The number of hydrogen-bond donors (Lipinski definition) is 2. The molecule has 0 bridgehead atoms. The van der Waals surface area contributed by atoms with E-state index in [-0.39, 0.29) is 42.4 Å². The zero-order valence-corrected chi connectivity index (χ0v) is 20.4. The van der Waals surface area contributed by atoms with Crippen LogP contribution < -0.4 is 5.73 Å². The third kappa shape index (κ3) is 5.84. The summed E-state index contributed by atoms with van der Waals surface area (Å²) in [5, 5.41) is 13.0. The molecule has 0 fully saturated rings. The van der Waals surface area contributed by atoms with Crippen molar-refractivity contribution in [1.29, 1.82) is 0 Å². The second-order valence-corrected chi connectivity index (χ2v) is 7.72. The molecule has 1 aliphatic rings. The van der Waals surface area contributed by atoms with Crippen LogP contribution in [0.4, 0.5) is 0 Å². The molecular weight excluding hydrogens is 476 g/mol. The van der Waals surface area contributed by atoms with E-state index in [2.05, 4.69) is 21.4 Å². The Hall–Kier alpha value is -3.76. The lowest BCUT2D eigenvalue weighted by atomic mass is 9.98. The minimum atomic E-state index is -1.19. The fourth-order valence-corrected chi connectivity index (χ4v) is 3.80. The third-order valence-electron chi connectivity index (χ3n) is 5.45. The molecule has 3 aromatic rings. The Morgan fingerprint density at radius 2 is 1.97 bits per heavy atom. The van der Waals surface area contributed by atoms with Gasteiger partial charge >= 0.3 is 17.9 Å². The lowest BCUT2D eigenvalue weighted by molar-refractivity contribution is 0.0546. The van der Waals surface area contributed by atoms with Crippen molar-refractivity contribution in [3.8, 4) is 0 Å². The number of aromatic carboxylic acids is 1. The third-order valence-corrected chi connectivity index (χ3v) is 5.45. The summed E-state index contributed by atoms with van der Waals surface area (Å²) >= 11 is 0. The second kappa shape index (κ2) is 11.6. The fraction of sp³-hybridized carbons (Fsp3) is 0.292. The number of methoxy groups -OCH3 is 1. The van der Waals surface area contributed by atoms with Crippen LogP contribution in [-0.4, -0.2) is 51.3 Å². The first-order valence-electron chi connectivity index (χ1n) is 10.5. The molecular formula is C24H27ClN4O6. The molecule has 0 unspecified atom stereocenters. The number of rotatable bonds is 5. The number of nitrogens with zero attached hydrogens (tertiary/aromatic N) is 3. The Labute approximate surface area is 208 Å². The molecule has 11 heteroatoms. The number of nitrogens with two attached hydrogens (primary N) is 1. The Morgan fingerprint density at radius 3 is 2.60 bits per heavy atom. The fourth-order valence-electron chi connectivity index (χ4n) is 3.80. The van der Waals surface area contributed by atoms with Crippen LogP contribution in [0.1, 0.15) is 66.2 Å². The zero-order chi connectivity index (χ0) is 25.0. The van der Waals surface area contributed by atoms with Gasteiger partial charge in [-0.3, -0.25) is 0 Å². The minimum Gasteiger partial charge on any atom is -0.477 e. The van der Waals surface area contributed by atoms with E-state index in [9.17, 15) is 14.4 Å². The number of ether oxygens (including phenoxy) is 2. The van der Waals surface area contributed by atoms with Gasteiger partial charge in [0.2, 0.25) is 0 Å². The van der Waals surface area contributed by atoms with Gasteiger partial charge in [0.25, 0.3) is 0 Å². The van der Waals surface area contributed by atoms with Crippen molar-refractivity contribution in [3.63, 3.8) is 0 Å². The molecule has 0 spiro atoms. The normalized spacial score (nSPS) is 13.7. The molecule has 0 saturated carbocycles. The highest BCUT2D eigenvalue weighted by Crippen LogP contribution is 2.33. The molecule has 10 nitrogen and oxygen atoms in total. The molecule has 0 saturated heterocycles. The number of aryl methyl sites for hydroxylation is 1. The van der Waals surface area contributed by atoms with E-state index in [0.717, 1.165) is 24.5 Å². The van der Waals surface area contributed by atoms with Gasteiger partial charge in [-0.2, -0.15) is 5.10 Å². The van der Waals surface area contributed by atoms with Crippen molar-refractivity contribution in [3.05, 3.63) is 76.3 Å². The van der Waals surface area contributed by atoms with Crippen LogP contribution in [0.5, 0.6) is 0 Å². The SMILES string of the molecule is C=CCOC(=O)c1ccc2c(c1C)CC[C@@H]2N.COC(=O)c1cc(C(=O)O)n2nc(C)cc2n1.Cl. The van der Waals surface area contributed by atoms with Gasteiger partial charge in [-0.25, -0.2) is 23.9 Å². The summed E-state index contributed by atoms with van der Waals surface area (Å²) in [7, 11) is 1.20. The van der Waals surface area contributed by atoms with Gasteiger partial charge in [0.1, 0.15) is 6.61 Å². The highest BCUT2D eigenvalue weighted by atomic mass is 35.5. The topological polar surface area (TPSA) is 146 Å². The smallest absolute Gasteiger partial charge is 0.356 e. The Balaban J connectivity index is 0.000000240. The van der Waals surface area contributed by atoms with Crippen LogP contribution in [0, 0.1) is 13.8 Å². The first-order valence-corrected chi connectivity index (χ1v) is 10.5. The average Bonchev–Trinajstić information content (AvgIpc) is 3.38. The van der Waals surface area contributed by atoms with Crippen molar-refractivity contribution < 1.29 is 29.0 Å². The number of carboxylic acid groups (broad SMARTS) is 1. The minimum absolute atomic E-state index is 0. The number of aromatic nitrogens is 3. The summed E-state index contributed by atoms with van der Waals surface area (Å²) < 4.78 is 10.7. The van der Waals surface area contributed by atoms with Crippen molar-refractivity contribution in [2.45, 2.75) is 32.7 Å². The maximum Gasteiger partial charge on any atom is 0.356 e. The number of benzene rings is 1. The number of carboxylic acids is 1. The highest BCUT2D eigenvalue weighted by molar-refractivity contribution is 5.93. The van der Waals surface area contributed by atoms with Gasteiger partial charge in [0, 0.05) is 18.2 Å². The first kappa shape index (κ1) is 27.5. The molecule has 0 amide bonds. The van der Waals surface area contributed by atoms with Gasteiger partial charge in [0.15, 0.2) is 17.0 Å². The average molecular weight is 503 g/mol. The molecule has 3 N–H and O–H groups in total. The van der Waals surface area contributed by atoms with Crippen molar-refractivity contribution >= 4 is 36.0 Å². The number of hydrogen-bond acceptors (Lipinski definition) is 8. The maximum atomic E-state index is 11.8. The van der Waals surface area contributed by atoms with Crippen LogP contribution in [0.25, 0.3) is 5.65 Å². The molecule has 1 aromatic carbocycles. The summed E-state index contributed by atoms with van der Waals surface area (Å²) in [5.74, 6) is -2.16. The monoisotopic (exact) mass is 502 g/mol. The number of carbonyl (C=O) groups is 3. The van der Waals surface area contributed by atoms with E-state index in [1.165, 1.54) is 22.8 Å². The molecule has 2 heterocycles. The molecule has 35 heavy (non-hydrogen) atoms. The van der Waals surface area contributed by atoms with Crippen LogP contribution in [0.3, 0.4) is 0 Å². The quantitative estimate of drug-likeness (QED) is 0.396. The molecule has 186 valence electrons. The number of halogens is 1. The predicted molar refractivity (Wildman–Crippen MR) is 130 cm³/mol. The number of carbonyl (C=O) groups excluding carboxylic acids is 2. The van der Waals surface area contributed by atoms with Crippen LogP contribution >= 0.6 is 12.4 Å². The van der Waals surface area contributed by atoms with Gasteiger partial charge in [-0.15, -0.1) is 12.4 Å². The van der Waals surface area contributed by atoms with E-state index in [1.54, 1.807) is 19.1 Å². The van der Waals surface area contributed by atoms with E-state index < -0.39 is 11.9 Å². The Kier molecular flexibility index (Phi) is 9.10. The molecule has 0 aliphatic heterocycles. The standard InChI is InChI=1S/C14H17NO2.C10H9N3O4.ClH/c1-3-8-17-14(16)11-4-5-12-10(9(11)2)6-7-13(12)15;1-5-3-8-11-6(10(16)17-2)4-7(9(14)15)13(8)12-5;/h3-5,13H,1,6-8,15H2,2H3;3-4H,1-2H3,(H,14,15);1H/t13-;;/m0../s1. The Bertz CT molecular complexity index is 1290. The second-order valence-electron chi connectivity index (χ2n) is 7.72. The summed E-state index contributed by atoms with van der Waals surface area (Å²) in [4.78, 5) is 38.2. The molecule has 4 rings (SSSR count). The van der Waals surface area contributed by atoms with Crippen LogP contribution in [-0.2, 0) is 15.9 Å². The summed E-state index contributed by atoms with van der Waals surface area (Å²) in [6, 6.07) is 6.59. The lowest BCUT2D eigenvalue weighted by Crippen LogP contribution is -2.12. The molecule has 2 aromatic heterocycles. The first-order chi connectivity index (χ1) is 16.2. The zero-order valence-electron chi connectivity index (χ0n) is 19.6. The van der Waals surface area contributed by atoms with Crippen molar-refractivity contribution in [2.75, 3.05) is 13.7 Å². The van der Waals surface area contributed by atoms with Gasteiger partial charge < -0.3 is 20.3 Å². The largest absolute Gasteiger partial charge is 0.477 e. The summed E-state index contributed by atoms with van der Waals surface area (Å²) in [5.41, 5.74) is 10.7. The molecule has 1 atom stereocenters.